The largest absolute Gasteiger partial charge is 0.494 e. The molecule has 0 spiro atoms. The van der Waals surface area contributed by atoms with E-state index in [1.165, 1.54) is 0 Å². The number of nitrogens with zero attached hydrogens (tertiary/aromatic N) is 1. The quantitative estimate of drug-likeness (QED) is 0.194. The lowest BCUT2D eigenvalue weighted by atomic mass is 10.3. The minimum atomic E-state index is 0.464. The molecule has 0 heterocycles. The molecule has 8 heteroatoms. The van der Waals surface area contributed by atoms with Crippen molar-refractivity contribution in [3.05, 3.63) is 24.3 Å². The van der Waals surface area contributed by atoms with Crippen LogP contribution in [-0.2, 0) is 18.8 Å². The normalized spacial score (nSPS) is 10.7. The fourth-order valence-electron chi connectivity index (χ4n) is 1.76. The van der Waals surface area contributed by atoms with E-state index in [1.54, 1.807) is 14.2 Å². The lowest BCUT2D eigenvalue weighted by Crippen LogP contribution is -2.27. The Morgan fingerprint density at radius 2 is 1.73 bits per heavy atom. The summed E-state index contributed by atoms with van der Waals surface area (Å²) in [7, 11) is 3.30. The number of unbranched alkanes of at least 4 members (excludes halogenated alkanes) is 1. The van der Waals surface area contributed by atoms with Crippen LogP contribution in [0.25, 0.3) is 0 Å². The molecule has 0 aliphatic carbocycles. The van der Waals surface area contributed by atoms with Gasteiger partial charge in [-0.05, 0) is 37.1 Å². The first kappa shape index (κ1) is 19.0. The van der Waals surface area contributed by atoms with E-state index in [-0.39, 0.29) is 0 Å². The third-order valence-corrected chi connectivity index (χ3v) is 3.35. The molecule has 1 rings (SSSR count). The van der Waals surface area contributed by atoms with Crippen LogP contribution in [-0.4, -0.2) is 45.3 Å². The highest BCUT2D eigenvalue weighted by atomic mass is 32.2. The topological polar surface area (TPSA) is 69.6 Å². The van der Waals surface area contributed by atoms with E-state index < -0.39 is 0 Å². The maximum absolute atomic E-state index is 7.96. The van der Waals surface area contributed by atoms with Gasteiger partial charge in [0.05, 0.1) is 6.61 Å². The van der Waals surface area contributed by atoms with Crippen LogP contribution in [0.1, 0.15) is 12.8 Å². The third-order valence-electron chi connectivity index (χ3n) is 2.74. The number of methoxy groups -OCH3 is 2. The van der Waals surface area contributed by atoms with Crippen LogP contribution in [0.15, 0.2) is 24.3 Å². The lowest BCUT2D eigenvalue weighted by molar-refractivity contribution is -0.432. The van der Waals surface area contributed by atoms with Crippen LogP contribution in [0.3, 0.4) is 0 Å². The van der Waals surface area contributed by atoms with Crippen molar-refractivity contribution in [2.45, 2.75) is 12.8 Å². The van der Waals surface area contributed by atoms with Gasteiger partial charge in [0.1, 0.15) is 19.2 Å². The number of hydrogen-bond donors (Lipinski definition) is 1. The SMILES string of the molecule is COCN(COC)c1ccc(OCCCCSOOO)cc1. The molecular weight excluding hydrogens is 310 g/mol. The highest BCUT2D eigenvalue weighted by Gasteiger charge is 2.05. The Bertz CT molecular complexity index is 372. The van der Waals surface area contributed by atoms with E-state index >= 15 is 0 Å². The van der Waals surface area contributed by atoms with E-state index in [0.717, 1.165) is 42.1 Å². The molecular formula is C14H23NO6S. The summed E-state index contributed by atoms with van der Waals surface area (Å²) in [6.45, 7) is 1.55. The average Bonchev–Trinajstić information content (AvgIpc) is 2.54. The van der Waals surface area contributed by atoms with Crippen molar-refractivity contribution < 1.29 is 28.8 Å². The van der Waals surface area contributed by atoms with Crippen LogP contribution in [0.5, 0.6) is 5.75 Å². The van der Waals surface area contributed by atoms with Crippen molar-refractivity contribution in [3.8, 4) is 5.75 Å². The number of benzene rings is 1. The van der Waals surface area contributed by atoms with Gasteiger partial charge in [0.15, 0.2) is 0 Å². The Morgan fingerprint density at radius 3 is 2.32 bits per heavy atom. The molecule has 1 N–H and O–H groups in total. The van der Waals surface area contributed by atoms with Crippen molar-refractivity contribution in [2.75, 3.05) is 44.9 Å². The van der Waals surface area contributed by atoms with Crippen LogP contribution < -0.4 is 9.64 Å². The van der Waals surface area contributed by atoms with Gasteiger partial charge in [0, 0.05) is 37.7 Å². The molecule has 22 heavy (non-hydrogen) atoms. The molecule has 0 fully saturated rings. The Hall–Kier alpha value is -1.03. The zero-order valence-electron chi connectivity index (χ0n) is 12.9. The second-order valence-electron chi connectivity index (χ2n) is 4.39. The molecule has 0 atom stereocenters. The smallest absolute Gasteiger partial charge is 0.120 e. The zero-order valence-corrected chi connectivity index (χ0v) is 13.7. The molecule has 0 amide bonds. The summed E-state index contributed by atoms with van der Waals surface area (Å²) in [6.07, 6.45) is 1.80. The first-order valence-corrected chi connectivity index (χ1v) is 7.78. The van der Waals surface area contributed by atoms with Gasteiger partial charge in [-0.15, -0.1) is 4.33 Å². The Kier molecular flexibility index (Phi) is 10.8. The molecule has 1 aromatic rings. The van der Waals surface area contributed by atoms with Gasteiger partial charge < -0.3 is 19.1 Å². The molecule has 0 unspecified atom stereocenters. The highest BCUT2D eigenvalue weighted by Crippen LogP contribution is 2.19. The molecule has 0 aliphatic rings. The molecule has 0 radical (unpaired) electrons. The molecule has 0 saturated heterocycles. The molecule has 0 saturated carbocycles. The van der Waals surface area contributed by atoms with Gasteiger partial charge >= 0.3 is 0 Å². The number of ether oxygens (including phenoxy) is 3. The predicted molar refractivity (Wildman–Crippen MR) is 84.7 cm³/mol. The molecule has 0 aliphatic heterocycles. The monoisotopic (exact) mass is 333 g/mol. The molecule has 1 aromatic carbocycles. The van der Waals surface area contributed by atoms with Crippen molar-refractivity contribution in [1.82, 2.24) is 0 Å². The van der Waals surface area contributed by atoms with Crippen molar-refractivity contribution in [1.29, 1.82) is 0 Å². The van der Waals surface area contributed by atoms with Crippen LogP contribution in [0.4, 0.5) is 5.69 Å². The average molecular weight is 333 g/mol. The molecule has 0 aromatic heterocycles. The summed E-state index contributed by atoms with van der Waals surface area (Å²) in [4.78, 5) is 1.96. The fraction of sp³-hybridized carbons (Fsp3) is 0.571. The van der Waals surface area contributed by atoms with Gasteiger partial charge in [0.25, 0.3) is 0 Å². The van der Waals surface area contributed by atoms with Crippen LogP contribution in [0.2, 0.25) is 0 Å². The summed E-state index contributed by atoms with van der Waals surface area (Å²) < 4.78 is 20.2. The maximum Gasteiger partial charge on any atom is 0.120 e. The van der Waals surface area contributed by atoms with Crippen molar-refractivity contribution in [3.63, 3.8) is 0 Å². The third kappa shape index (κ3) is 7.83. The Morgan fingerprint density at radius 1 is 1.05 bits per heavy atom. The first-order valence-electron chi connectivity index (χ1n) is 6.87. The summed E-state index contributed by atoms with van der Waals surface area (Å²) >= 11 is 1.06. The number of hydrogen-bond acceptors (Lipinski definition) is 8. The molecule has 0 bridgehead atoms. The summed E-state index contributed by atoms with van der Waals surface area (Å²) in [5, 5.41) is 11.5. The van der Waals surface area contributed by atoms with Gasteiger partial charge in [0.2, 0.25) is 0 Å². The fourth-order valence-corrected chi connectivity index (χ4v) is 2.19. The van der Waals surface area contributed by atoms with E-state index in [9.17, 15) is 0 Å². The zero-order chi connectivity index (χ0) is 16.0. The van der Waals surface area contributed by atoms with Crippen molar-refractivity contribution >= 4 is 17.7 Å². The summed E-state index contributed by atoms with van der Waals surface area (Å²) in [5.41, 5.74) is 1.01. The maximum atomic E-state index is 7.96. The van der Waals surface area contributed by atoms with Crippen molar-refractivity contribution in [2.24, 2.45) is 0 Å². The van der Waals surface area contributed by atoms with Crippen LogP contribution >= 0.6 is 12.0 Å². The molecule has 126 valence electrons. The van der Waals surface area contributed by atoms with E-state index in [0.29, 0.717) is 20.1 Å². The van der Waals surface area contributed by atoms with Gasteiger partial charge in [-0.1, -0.05) is 5.04 Å². The summed E-state index contributed by atoms with van der Waals surface area (Å²) in [6, 6.07) is 7.78. The predicted octanol–water partition coefficient (Wildman–Crippen LogP) is 2.93. The highest BCUT2D eigenvalue weighted by molar-refractivity contribution is 7.94. The lowest BCUT2D eigenvalue weighted by Gasteiger charge is -2.22. The second kappa shape index (κ2) is 12.5. The van der Waals surface area contributed by atoms with Gasteiger partial charge in [-0.3, -0.25) is 0 Å². The van der Waals surface area contributed by atoms with E-state index in [1.807, 2.05) is 29.2 Å². The first-order chi connectivity index (χ1) is 10.8. The van der Waals surface area contributed by atoms with Gasteiger partial charge in [-0.25, -0.2) is 5.26 Å². The second-order valence-corrected chi connectivity index (χ2v) is 5.17. The minimum Gasteiger partial charge on any atom is -0.494 e. The Labute approximate surface area is 135 Å². The molecule has 7 nitrogen and oxygen atoms in total. The van der Waals surface area contributed by atoms with E-state index in [4.69, 9.17) is 19.5 Å². The van der Waals surface area contributed by atoms with E-state index in [2.05, 4.69) is 9.37 Å². The minimum absolute atomic E-state index is 0.464. The number of anilines is 1. The van der Waals surface area contributed by atoms with Gasteiger partial charge in [-0.2, -0.15) is 0 Å². The number of rotatable bonds is 13. The summed E-state index contributed by atoms with van der Waals surface area (Å²) in [5.74, 6) is 1.55. The Balaban J connectivity index is 2.28. The standard InChI is InChI=1S/C14H23NO6S/c1-17-11-15(12-18-2)13-5-7-14(8-6-13)19-9-3-4-10-22-21-20-16/h5-8,16H,3-4,9-12H2,1-2H3. The van der Waals surface area contributed by atoms with Crippen LogP contribution in [0, 0.1) is 0 Å².